The number of ether oxygens (including phenoxy) is 3. The predicted molar refractivity (Wildman–Crippen MR) is 120 cm³/mol. The molecule has 0 aliphatic carbocycles. The maximum Gasteiger partial charge on any atom is 0.184 e. The number of aryl methyl sites for hydroxylation is 1. The van der Waals surface area contributed by atoms with Crippen LogP contribution in [0, 0.1) is 18.3 Å². The van der Waals surface area contributed by atoms with Gasteiger partial charge in [0.15, 0.2) is 12.1 Å². The summed E-state index contributed by atoms with van der Waals surface area (Å²) in [7, 11) is 0. The van der Waals surface area contributed by atoms with Gasteiger partial charge in [0.2, 0.25) is 0 Å². The fourth-order valence-electron chi connectivity index (χ4n) is 4.23. The summed E-state index contributed by atoms with van der Waals surface area (Å²) in [4.78, 5) is 4.51. The fraction of sp³-hybridized carbons (Fsp3) is 0.348. The van der Waals surface area contributed by atoms with Gasteiger partial charge in [-0.2, -0.15) is 10.4 Å². The number of aromatic nitrogens is 3. The van der Waals surface area contributed by atoms with Gasteiger partial charge < -0.3 is 25.1 Å². The first-order valence-corrected chi connectivity index (χ1v) is 11.3. The minimum Gasteiger partial charge on any atom is -0.388 e. The van der Waals surface area contributed by atoms with Crippen LogP contribution in [0.3, 0.4) is 0 Å². The zero-order valence-corrected chi connectivity index (χ0v) is 19.3. The van der Waals surface area contributed by atoms with Crippen LogP contribution in [0.5, 0.6) is 0 Å². The van der Waals surface area contributed by atoms with Gasteiger partial charge in [0, 0.05) is 10.0 Å². The number of aliphatic hydroxyl groups excluding tert-OH is 1. The second kappa shape index (κ2) is 8.95. The number of rotatable bonds is 3. The Kier molecular flexibility index (Phi) is 6.01. The molecule has 170 valence electrons. The lowest BCUT2D eigenvalue weighted by Crippen LogP contribution is -2.62. The molecule has 10 heteroatoms. The molecule has 0 bridgehead atoms. The highest BCUT2D eigenvalue weighted by Gasteiger charge is 2.49. The molecule has 1 aromatic heterocycles. The standard InChI is InChI=1S/C23H22BrN5O4/c1-12-27-22(29(28-12)16-9-15(24)8-7-14(16)10-25)21-19(30)18(26)20-17(32-21)11-31-23(33-20)13-5-3-2-4-6-13/h2-9,17-21,23,30H,11,26H2,1H3/t17?,18-,19?,20+,21-,23?/m1/s1. The Hall–Kier alpha value is -2.65. The van der Waals surface area contributed by atoms with E-state index in [9.17, 15) is 10.4 Å². The van der Waals surface area contributed by atoms with Crippen molar-refractivity contribution in [2.75, 3.05) is 6.61 Å². The van der Waals surface area contributed by atoms with Crippen LogP contribution in [0.1, 0.15) is 35.2 Å². The normalized spacial score (nSPS) is 29.3. The molecule has 2 aromatic carbocycles. The summed E-state index contributed by atoms with van der Waals surface area (Å²) >= 11 is 3.44. The van der Waals surface area contributed by atoms with E-state index in [-0.39, 0.29) is 6.61 Å². The smallest absolute Gasteiger partial charge is 0.184 e. The van der Waals surface area contributed by atoms with Crippen molar-refractivity contribution in [1.29, 1.82) is 5.26 Å². The first kappa shape index (κ1) is 22.2. The lowest BCUT2D eigenvalue weighted by molar-refractivity contribution is -0.309. The molecular formula is C23H22BrN5O4. The van der Waals surface area contributed by atoms with E-state index in [1.165, 1.54) is 4.68 Å². The maximum absolute atomic E-state index is 11.1. The summed E-state index contributed by atoms with van der Waals surface area (Å²) in [5, 5.41) is 25.2. The number of aliphatic hydroxyl groups is 1. The van der Waals surface area contributed by atoms with E-state index in [2.05, 4.69) is 32.1 Å². The molecule has 2 saturated heterocycles. The van der Waals surface area contributed by atoms with Crippen LogP contribution in [0.25, 0.3) is 5.69 Å². The SMILES string of the molecule is Cc1nc([C@@H]2OC3COC(c4ccccc4)O[C@@H]3[C@H](N)C2O)n(-c2cc(Br)ccc2C#N)n1. The summed E-state index contributed by atoms with van der Waals surface area (Å²) in [6.45, 7) is 1.98. The summed E-state index contributed by atoms with van der Waals surface area (Å²) in [6.07, 6.45) is -3.64. The van der Waals surface area contributed by atoms with Crippen molar-refractivity contribution >= 4 is 15.9 Å². The van der Waals surface area contributed by atoms with Crippen LogP contribution in [-0.4, -0.2) is 50.8 Å². The minimum atomic E-state index is -1.11. The number of nitriles is 1. The zero-order chi connectivity index (χ0) is 23.1. The van der Waals surface area contributed by atoms with E-state index < -0.39 is 36.7 Å². The van der Waals surface area contributed by atoms with Gasteiger partial charge in [-0.05, 0) is 25.1 Å². The molecule has 0 amide bonds. The number of hydrogen-bond donors (Lipinski definition) is 2. The molecule has 5 rings (SSSR count). The molecule has 0 radical (unpaired) electrons. The van der Waals surface area contributed by atoms with E-state index in [0.29, 0.717) is 22.9 Å². The van der Waals surface area contributed by atoms with Gasteiger partial charge in [-0.15, -0.1) is 0 Å². The van der Waals surface area contributed by atoms with Crippen LogP contribution in [0.15, 0.2) is 53.0 Å². The molecule has 3 aromatic rings. The maximum atomic E-state index is 11.1. The number of fused-ring (bicyclic) bond motifs is 1. The van der Waals surface area contributed by atoms with E-state index in [1.54, 1.807) is 25.1 Å². The molecule has 2 aliphatic heterocycles. The van der Waals surface area contributed by atoms with Gasteiger partial charge in [-0.25, -0.2) is 9.67 Å². The summed E-state index contributed by atoms with van der Waals surface area (Å²) in [6, 6.07) is 16.2. The Labute approximate surface area is 198 Å². The number of hydrogen-bond acceptors (Lipinski definition) is 8. The first-order chi connectivity index (χ1) is 16.0. The monoisotopic (exact) mass is 511 g/mol. The molecule has 0 spiro atoms. The largest absolute Gasteiger partial charge is 0.388 e. The molecule has 9 nitrogen and oxygen atoms in total. The second-order valence-corrected chi connectivity index (χ2v) is 8.96. The Morgan fingerprint density at radius 3 is 2.76 bits per heavy atom. The Balaban J connectivity index is 1.45. The average Bonchev–Trinajstić information content (AvgIpc) is 3.22. The highest BCUT2D eigenvalue weighted by atomic mass is 79.9. The number of benzene rings is 2. The number of halogens is 1. The number of nitrogens with two attached hydrogens (primary N) is 1. The van der Waals surface area contributed by atoms with Crippen molar-refractivity contribution in [3.05, 3.63) is 75.8 Å². The average molecular weight is 512 g/mol. The van der Waals surface area contributed by atoms with E-state index in [4.69, 9.17) is 19.9 Å². The molecule has 2 aliphatic rings. The Morgan fingerprint density at radius 2 is 2.00 bits per heavy atom. The highest BCUT2D eigenvalue weighted by Crippen LogP contribution is 2.38. The van der Waals surface area contributed by atoms with Gasteiger partial charge >= 0.3 is 0 Å². The minimum absolute atomic E-state index is 0.245. The topological polar surface area (TPSA) is 128 Å². The van der Waals surface area contributed by atoms with E-state index in [1.807, 2.05) is 30.3 Å². The van der Waals surface area contributed by atoms with Crippen molar-refractivity contribution in [2.45, 2.75) is 43.7 Å². The fourth-order valence-corrected chi connectivity index (χ4v) is 4.58. The second-order valence-electron chi connectivity index (χ2n) is 8.04. The van der Waals surface area contributed by atoms with Crippen molar-refractivity contribution < 1.29 is 19.3 Å². The predicted octanol–water partition coefficient (Wildman–Crippen LogP) is 2.45. The zero-order valence-electron chi connectivity index (χ0n) is 17.7. The Bertz CT molecular complexity index is 1200. The van der Waals surface area contributed by atoms with Crippen molar-refractivity contribution in [3.8, 4) is 11.8 Å². The van der Waals surface area contributed by atoms with Gasteiger partial charge in [-0.1, -0.05) is 46.3 Å². The van der Waals surface area contributed by atoms with Crippen LogP contribution in [-0.2, 0) is 14.2 Å². The van der Waals surface area contributed by atoms with Crippen molar-refractivity contribution in [3.63, 3.8) is 0 Å². The summed E-state index contributed by atoms with van der Waals surface area (Å²) < 4.78 is 20.5. The molecule has 6 atom stereocenters. The molecule has 3 N–H and O–H groups in total. The summed E-state index contributed by atoms with van der Waals surface area (Å²) in [5.41, 5.74) is 8.25. The quantitative estimate of drug-likeness (QED) is 0.548. The molecule has 3 heterocycles. The third-order valence-corrected chi connectivity index (χ3v) is 6.33. The molecule has 2 fully saturated rings. The summed E-state index contributed by atoms with van der Waals surface area (Å²) in [5.74, 6) is 0.828. The number of nitrogens with zero attached hydrogens (tertiary/aromatic N) is 4. The Morgan fingerprint density at radius 1 is 1.21 bits per heavy atom. The van der Waals surface area contributed by atoms with Gasteiger partial charge in [0.25, 0.3) is 0 Å². The van der Waals surface area contributed by atoms with E-state index in [0.717, 1.165) is 10.0 Å². The lowest BCUT2D eigenvalue weighted by Gasteiger charge is -2.46. The van der Waals surface area contributed by atoms with Crippen molar-refractivity contribution in [1.82, 2.24) is 14.8 Å². The third kappa shape index (κ3) is 4.08. The van der Waals surface area contributed by atoms with Crippen LogP contribution < -0.4 is 5.73 Å². The lowest BCUT2D eigenvalue weighted by atomic mass is 9.92. The first-order valence-electron chi connectivity index (χ1n) is 10.5. The third-order valence-electron chi connectivity index (χ3n) is 5.84. The van der Waals surface area contributed by atoms with Crippen LogP contribution >= 0.6 is 15.9 Å². The van der Waals surface area contributed by atoms with Crippen LogP contribution in [0.4, 0.5) is 0 Å². The molecular weight excluding hydrogens is 490 g/mol. The molecule has 0 saturated carbocycles. The highest BCUT2D eigenvalue weighted by molar-refractivity contribution is 9.10. The van der Waals surface area contributed by atoms with Gasteiger partial charge in [0.05, 0.1) is 23.9 Å². The molecule has 33 heavy (non-hydrogen) atoms. The van der Waals surface area contributed by atoms with Gasteiger partial charge in [0.1, 0.15) is 36.3 Å². The van der Waals surface area contributed by atoms with Gasteiger partial charge in [-0.3, -0.25) is 0 Å². The van der Waals surface area contributed by atoms with Crippen molar-refractivity contribution in [2.24, 2.45) is 5.73 Å². The van der Waals surface area contributed by atoms with E-state index >= 15 is 0 Å². The molecule has 3 unspecified atom stereocenters. The van der Waals surface area contributed by atoms with Crippen LogP contribution in [0.2, 0.25) is 0 Å².